The summed E-state index contributed by atoms with van der Waals surface area (Å²) in [7, 11) is -4.63. The van der Waals surface area contributed by atoms with Crippen LogP contribution in [-0.4, -0.2) is 38.0 Å². The fourth-order valence-corrected chi connectivity index (χ4v) is 50.2. The zero-order valence-electron chi connectivity index (χ0n) is 24.5. The van der Waals surface area contributed by atoms with Crippen LogP contribution in [0.3, 0.4) is 0 Å². The molecular formula is C27H56O2Si4. The first-order valence-electron chi connectivity index (χ1n) is 13.7. The predicted molar refractivity (Wildman–Crippen MR) is 156 cm³/mol. The Kier molecular flexibility index (Phi) is 7.40. The summed E-state index contributed by atoms with van der Waals surface area (Å²) in [5.41, 5.74) is 2.10. The van der Waals surface area contributed by atoms with Gasteiger partial charge in [-0.05, 0) is 93.0 Å². The van der Waals surface area contributed by atoms with Crippen LogP contribution in [0.4, 0.5) is 0 Å². The van der Waals surface area contributed by atoms with E-state index in [0.29, 0.717) is 5.41 Å². The zero-order valence-corrected chi connectivity index (χ0v) is 28.5. The lowest BCUT2D eigenvalue weighted by atomic mass is 9.48. The molecule has 0 radical (unpaired) electrons. The first kappa shape index (κ1) is 27.9. The highest BCUT2D eigenvalue weighted by molar-refractivity contribution is 7.66. The molecule has 0 aliphatic heterocycles. The van der Waals surface area contributed by atoms with E-state index in [2.05, 4.69) is 86.8 Å². The molecule has 4 aliphatic carbocycles. The average Bonchev–Trinajstić information content (AvgIpc) is 2.55. The summed E-state index contributed by atoms with van der Waals surface area (Å²) < 4.78 is 14.2. The second-order valence-electron chi connectivity index (χ2n) is 16.2. The largest absolute Gasteiger partial charge is 0.547 e. The van der Waals surface area contributed by atoms with Gasteiger partial charge in [-0.25, -0.2) is 0 Å². The lowest BCUT2D eigenvalue weighted by Gasteiger charge is -2.59. The van der Waals surface area contributed by atoms with Gasteiger partial charge in [-0.1, -0.05) is 60.1 Å². The van der Waals surface area contributed by atoms with Gasteiger partial charge >= 0.3 is 0 Å². The van der Waals surface area contributed by atoms with Crippen LogP contribution < -0.4 is 0 Å². The van der Waals surface area contributed by atoms with Gasteiger partial charge in [0.2, 0.25) is 8.32 Å². The third kappa shape index (κ3) is 5.40. The predicted octanol–water partition coefficient (Wildman–Crippen LogP) is 8.78. The number of hydrogen-bond donors (Lipinski definition) is 0. The Balaban J connectivity index is 2.25. The van der Waals surface area contributed by atoms with Crippen LogP contribution in [0.2, 0.25) is 65.0 Å². The van der Waals surface area contributed by atoms with Crippen molar-refractivity contribution in [1.29, 1.82) is 0 Å². The summed E-state index contributed by atoms with van der Waals surface area (Å²) in [5.74, 6) is 4.32. The van der Waals surface area contributed by atoms with E-state index in [4.69, 9.17) is 8.85 Å². The highest BCUT2D eigenvalue weighted by atomic mass is 29.7. The SMILES string of the molecule is CO[Si](C/C(=C(\O[Si](C)(C)C)C12CC3CC(CC(C3)C1)C2)C(C)(C)C)([Si](C)(C)C)[Si](C)(C)C. The van der Waals surface area contributed by atoms with E-state index in [0.717, 1.165) is 17.8 Å². The molecule has 0 N–H and O–H groups in total. The van der Waals surface area contributed by atoms with Crippen molar-refractivity contribution in [3.63, 3.8) is 0 Å². The molecule has 0 amide bonds. The van der Waals surface area contributed by atoms with Crippen molar-refractivity contribution < 1.29 is 8.85 Å². The first-order chi connectivity index (χ1) is 14.7. The summed E-state index contributed by atoms with van der Waals surface area (Å²) in [5, 5.41) is 0. The molecule has 0 aromatic heterocycles. The summed E-state index contributed by atoms with van der Waals surface area (Å²) in [6.45, 7) is 30.3. The minimum absolute atomic E-state index is 0.119. The highest BCUT2D eigenvalue weighted by Crippen LogP contribution is 2.64. The molecular weight excluding hydrogens is 469 g/mol. The number of hydrogen-bond acceptors (Lipinski definition) is 2. The summed E-state index contributed by atoms with van der Waals surface area (Å²) in [6, 6.07) is 1.21. The molecule has 4 saturated carbocycles. The van der Waals surface area contributed by atoms with Crippen LogP contribution in [-0.2, 0) is 8.85 Å². The molecule has 0 heterocycles. The lowest BCUT2D eigenvalue weighted by Crippen LogP contribution is -2.73. The normalized spacial score (nSPS) is 31.6. The topological polar surface area (TPSA) is 18.5 Å². The van der Waals surface area contributed by atoms with E-state index in [1.807, 2.05) is 0 Å². The van der Waals surface area contributed by atoms with Crippen LogP contribution in [0, 0.1) is 28.6 Å². The van der Waals surface area contributed by atoms with Gasteiger partial charge in [0.15, 0.2) is 7.35 Å². The Morgan fingerprint density at radius 2 is 1.15 bits per heavy atom. The van der Waals surface area contributed by atoms with Gasteiger partial charge in [0.05, 0.1) is 20.9 Å². The molecule has 0 aromatic rings. The van der Waals surface area contributed by atoms with Crippen molar-refractivity contribution in [1.82, 2.24) is 0 Å². The van der Waals surface area contributed by atoms with E-state index >= 15 is 0 Å². The molecule has 2 nitrogen and oxygen atoms in total. The van der Waals surface area contributed by atoms with Gasteiger partial charge in [0.25, 0.3) is 0 Å². The molecule has 4 bridgehead atoms. The van der Waals surface area contributed by atoms with E-state index in [9.17, 15) is 0 Å². The molecule has 4 rings (SSSR count). The van der Waals surface area contributed by atoms with Crippen molar-refractivity contribution in [2.24, 2.45) is 28.6 Å². The fourth-order valence-electron chi connectivity index (χ4n) is 8.46. The monoisotopic (exact) mass is 524 g/mol. The van der Waals surface area contributed by atoms with Crippen LogP contribution in [0.1, 0.15) is 59.3 Å². The molecule has 4 fully saturated rings. The number of rotatable bonds is 8. The molecule has 0 aromatic carbocycles. The van der Waals surface area contributed by atoms with Crippen molar-refractivity contribution in [3.8, 4) is 0 Å². The maximum Gasteiger partial charge on any atom is 0.241 e. The average molecular weight is 525 g/mol. The Morgan fingerprint density at radius 1 is 0.758 bits per heavy atom. The Morgan fingerprint density at radius 3 is 1.42 bits per heavy atom. The van der Waals surface area contributed by atoms with Gasteiger partial charge in [0, 0.05) is 12.5 Å². The molecule has 0 spiro atoms. The Bertz CT molecular complexity index is 710. The quantitative estimate of drug-likeness (QED) is 0.233. The second kappa shape index (κ2) is 8.74. The van der Waals surface area contributed by atoms with Gasteiger partial charge in [0.1, 0.15) is 0 Å². The minimum atomic E-state index is -1.94. The minimum Gasteiger partial charge on any atom is -0.547 e. The third-order valence-electron chi connectivity index (χ3n) is 9.30. The van der Waals surface area contributed by atoms with Crippen molar-refractivity contribution in [3.05, 3.63) is 11.3 Å². The van der Waals surface area contributed by atoms with Crippen LogP contribution in [0.25, 0.3) is 0 Å². The molecule has 4 aliphatic rings. The summed E-state index contributed by atoms with van der Waals surface area (Å²) >= 11 is 0. The fraction of sp³-hybridized carbons (Fsp3) is 0.926. The molecule has 6 heteroatoms. The molecule has 192 valence electrons. The van der Waals surface area contributed by atoms with Crippen LogP contribution in [0.5, 0.6) is 0 Å². The van der Waals surface area contributed by atoms with Crippen LogP contribution >= 0.6 is 0 Å². The Labute approximate surface area is 210 Å². The second-order valence-corrected chi connectivity index (χ2v) is 47.4. The summed E-state index contributed by atoms with van der Waals surface area (Å²) in [6.07, 6.45) is 8.64. The Hall–Kier alpha value is 0.368. The standard InChI is InChI=1S/C27H56O2Si4/c1-26(2,3)24(20-33(28-4,31(8,9)10)32(11,12)13)25(29-30(5,6)7)27-17-21-14-22(18-27)16-23(15-21)19-27/h21-23H,14-20H2,1-13H3/b25-24+. The van der Waals surface area contributed by atoms with Gasteiger partial charge in [-0.2, -0.15) is 0 Å². The molecule has 0 atom stereocenters. The number of allylic oxidation sites excluding steroid dienone is 2. The van der Waals surface area contributed by atoms with Gasteiger partial charge in [-0.3, -0.25) is 0 Å². The van der Waals surface area contributed by atoms with E-state index < -0.39 is 30.9 Å². The maximum atomic E-state index is 7.34. The zero-order chi connectivity index (χ0) is 25.3. The third-order valence-corrected chi connectivity index (χ3v) is 46.8. The molecule has 0 saturated heterocycles. The van der Waals surface area contributed by atoms with E-state index in [1.165, 1.54) is 50.3 Å². The van der Waals surface area contributed by atoms with E-state index in [1.54, 1.807) is 5.57 Å². The maximum absolute atomic E-state index is 7.34. The summed E-state index contributed by atoms with van der Waals surface area (Å²) in [4.78, 5) is 0. The van der Waals surface area contributed by atoms with Crippen molar-refractivity contribution >= 4 is 30.9 Å². The smallest absolute Gasteiger partial charge is 0.241 e. The van der Waals surface area contributed by atoms with Crippen LogP contribution in [0.15, 0.2) is 11.3 Å². The first-order valence-corrected chi connectivity index (χ1v) is 28.2. The highest BCUT2D eigenvalue weighted by Gasteiger charge is 2.59. The van der Waals surface area contributed by atoms with Gasteiger partial charge < -0.3 is 8.85 Å². The van der Waals surface area contributed by atoms with Gasteiger partial charge in [-0.15, -0.1) is 0 Å². The van der Waals surface area contributed by atoms with Crippen molar-refractivity contribution in [2.75, 3.05) is 7.11 Å². The van der Waals surface area contributed by atoms with Crippen molar-refractivity contribution in [2.45, 2.75) is 124 Å². The molecule has 0 unspecified atom stereocenters. The molecule has 33 heavy (non-hydrogen) atoms. The van der Waals surface area contributed by atoms with E-state index in [-0.39, 0.29) is 5.41 Å². The lowest BCUT2D eigenvalue weighted by molar-refractivity contribution is -0.0503.